The van der Waals surface area contributed by atoms with E-state index < -0.39 is 0 Å². The van der Waals surface area contributed by atoms with E-state index in [0.29, 0.717) is 17.5 Å². The summed E-state index contributed by atoms with van der Waals surface area (Å²) in [5.74, 6) is 2.72. The van der Waals surface area contributed by atoms with Gasteiger partial charge in [0.05, 0.1) is 11.0 Å². The van der Waals surface area contributed by atoms with Crippen molar-refractivity contribution in [3.8, 4) is 51.2 Å². The molecular formula is C50H31N5. The van der Waals surface area contributed by atoms with Crippen molar-refractivity contribution in [2.24, 2.45) is 0 Å². The van der Waals surface area contributed by atoms with Crippen molar-refractivity contribution in [3.05, 3.63) is 188 Å². The van der Waals surface area contributed by atoms with Gasteiger partial charge in [-0.1, -0.05) is 164 Å². The Morgan fingerprint density at radius 2 is 0.782 bits per heavy atom. The fraction of sp³-hybridized carbons (Fsp3) is 0. The van der Waals surface area contributed by atoms with Gasteiger partial charge in [-0.2, -0.15) is 0 Å². The van der Waals surface area contributed by atoms with Crippen LogP contribution in [-0.4, -0.2) is 24.5 Å². The van der Waals surface area contributed by atoms with Crippen LogP contribution in [0.3, 0.4) is 0 Å². The third-order valence-corrected chi connectivity index (χ3v) is 10.6. The van der Waals surface area contributed by atoms with Crippen molar-refractivity contribution in [3.63, 3.8) is 0 Å². The SMILES string of the molecule is c1ccc(-c2nc3c4ccccc4c4ccccc4c3n2-c2cccc(-c3nc(-c4ccc5ccccc5c4)nc(-c4ccc5ccccc5c4)n3)c2)cc1. The highest BCUT2D eigenvalue weighted by atomic mass is 15.1. The van der Waals surface area contributed by atoms with Gasteiger partial charge >= 0.3 is 0 Å². The van der Waals surface area contributed by atoms with E-state index in [0.717, 1.165) is 66.3 Å². The quantitative estimate of drug-likeness (QED) is 0.168. The highest BCUT2D eigenvalue weighted by molar-refractivity contribution is 6.24. The van der Waals surface area contributed by atoms with E-state index in [1.807, 2.05) is 6.07 Å². The van der Waals surface area contributed by atoms with E-state index in [1.54, 1.807) is 0 Å². The number of rotatable bonds is 5. The molecule has 0 atom stereocenters. The van der Waals surface area contributed by atoms with Crippen LogP contribution in [0, 0.1) is 0 Å². The van der Waals surface area contributed by atoms with Crippen LogP contribution in [0.15, 0.2) is 188 Å². The van der Waals surface area contributed by atoms with Crippen LogP contribution >= 0.6 is 0 Å². The molecule has 0 radical (unpaired) electrons. The fourth-order valence-electron chi connectivity index (χ4n) is 7.94. The molecule has 2 aromatic heterocycles. The maximum absolute atomic E-state index is 5.42. The Balaban J connectivity index is 1.16. The molecule has 5 heteroatoms. The molecule has 0 aliphatic heterocycles. The zero-order valence-corrected chi connectivity index (χ0v) is 29.6. The minimum atomic E-state index is 0.601. The highest BCUT2D eigenvalue weighted by Gasteiger charge is 2.21. The van der Waals surface area contributed by atoms with Crippen LogP contribution in [0.2, 0.25) is 0 Å². The first kappa shape index (κ1) is 31.1. The van der Waals surface area contributed by atoms with Crippen LogP contribution in [0.1, 0.15) is 0 Å². The molecule has 0 saturated carbocycles. The Kier molecular flexibility index (Phi) is 7.10. The van der Waals surface area contributed by atoms with Crippen LogP contribution in [0.5, 0.6) is 0 Å². The summed E-state index contributed by atoms with van der Waals surface area (Å²) in [5, 5.41) is 9.27. The normalized spacial score (nSPS) is 11.6. The first-order valence-electron chi connectivity index (χ1n) is 18.5. The molecule has 5 nitrogen and oxygen atoms in total. The second-order valence-corrected chi connectivity index (χ2v) is 13.9. The van der Waals surface area contributed by atoms with Gasteiger partial charge in [0.25, 0.3) is 0 Å². The van der Waals surface area contributed by atoms with Gasteiger partial charge in [-0.05, 0) is 56.6 Å². The molecule has 0 aliphatic carbocycles. The third-order valence-electron chi connectivity index (χ3n) is 10.6. The summed E-state index contributed by atoms with van der Waals surface area (Å²) in [5.41, 5.74) is 6.80. The molecule has 0 fully saturated rings. The van der Waals surface area contributed by atoms with E-state index in [4.69, 9.17) is 19.9 Å². The molecule has 0 bridgehead atoms. The average molecular weight is 702 g/mol. The van der Waals surface area contributed by atoms with Crippen LogP contribution < -0.4 is 0 Å². The van der Waals surface area contributed by atoms with Gasteiger partial charge < -0.3 is 0 Å². The van der Waals surface area contributed by atoms with E-state index in [1.165, 1.54) is 21.5 Å². The summed E-state index contributed by atoms with van der Waals surface area (Å²) in [4.78, 5) is 20.9. The van der Waals surface area contributed by atoms with Crippen molar-refractivity contribution < 1.29 is 0 Å². The molecule has 55 heavy (non-hydrogen) atoms. The number of imidazole rings is 1. The summed E-state index contributed by atoms with van der Waals surface area (Å²) in [7, 11) is 0. The number of nitrogens with zero attached hydrogens (tertiary/aromatic N) is 5. The fourth-order valence-corrected chi connectivity index (χ4v) is 7.94. The van der Waals surface area contributed by atoms with Crippen molar-refractivity contribution >= 4 is 54.1 Å². The summed E-state index contributed by atoms with van der Waals surface area (Å²) >= 11 is 0. The zero-order chi connectivity index (χ0) is 36.3. The molecule has 0 unspecified atom stereocenters. The van der Waals surface area contributed by atoms with Gasteiger partial charge in [0.2, 0.25) is 0 Å². The van der Waals surface area contributed by atoms with Gasteiger partial charge in [0, 0.05) is 38.7 Å². The lowest BCUT2D eigenvalue weighted by Crippen LogP contribution is -2.02. The molecule has 9 aromatic carbocycles. The van der Waals surface area contributed by atoms with Crippen molar-refractivity contribution in [1.29, 1.82) is 0 Å². The Labute approximate surface area is 316 Å². The Bertz CT molecular complexity index is 3180. The second-order valence-electron chi connectivity index (χ2n) is 13.9. The van der Waals surface area contributed by atoms with E-state index in [-0.39, 0.29) is 0 Å². The third kappa shape index (κ3) is 5.24. The number of benzene rings is 9. The predicted octanol–water partition coefficient (Wildman–Crippen LogP) is 12.5. The summed E-state index contributed by atoms with van der Waals surface area (Å²) in [6.07, 6.45) is 0. The molecule has 0 spiro atoms. The second kappa shape index (κ2) is 12.6. The van der Waals surface area contributed by atoms with Gasteiger partial charge in [-0.25, -0.2) is 19.9 Å². The molecular weight excluding hydrogens is 671 g/mol. The Morgan fingerprint density at radius 1 is 0.309 bits per heavy atom. The number of aromatic nitrogens is 5. The summed E-state index contributed by atoms with van der Waals surface area (Å²) in [6, 6.07) is 65.7. The van der Waals surface area contributed by atoms with Gasteiger partial charge in [0.15, 0.2) is 17.5 Å². The monoisotopic (exact) mass is 701 g/mol. The molecule has 0 amide bonds. The van der Waals surface area contributed by atoms with Crippen molar-refractivity contribution in [1.82, 2.24) is 24.5 Å². The molecule has 0 N–H and O–H groups in total. The van der Waals surface area contributed by atoms with Crippen molar-refractivity contribution in [2.45, 2.75) is 0 Å². The van der Waals surface area contributed by atoms with E-state index in [2.05, 4.69) is 187 Å². The minimum Gasteiger partial charge on any atom is -0.292 e. The summed E-state index contributed by atoms with van der Waals surface area (Å²) in [6.45, 7) is 0. The van der Waals surface area contributed by atoms with E-state index in [9.17, 15) is 0 Å². The molecule has 11 rings (SSSR count). The van der Waals surface area contributed by atoms with Crippen LogP contribution in [0.25, 0.3) is 105 Å². The Morgan fingerprint density at radius 3 is 1.40 bits per heavy atom. The zero-order valence-electron chi connectivity index (χ0n) is 29.6. The minimum absolute atomic E-state index is 0.601. The molecule has 256 valence electrons. The van der Waals surface area contributed by atoms with E-state index >= 15 is 0 Å². The number of hydrogen-bond donors (Lipinski definition) is 0. The Hall–Kier alpha value is -7.50. The molecule has 11 aromatic rings. The predicted molar refractivity (Wildman–Crippen MR) is 226 cm³/mol. The number of fused-ring (bicyclic) bond motifs is 8. The summed E-state index contributed by atoms with van der Waals surface area (Å²) < 4.78 is 2.30. The first-order chi connectivity index (χ1) is 27.2. The first-order valence-corrected chi connectivity index (χ1v) is 18.5. The molecule has 0 saturated heterocycles. The standard InChI is InChI=1S/C50H31N5/c1-2-15-34(16-3-1)50-51-45-43-23-10-8-21-41(43)42-22-9-11-24-44(42)46(45)55(50)40-20-12-19-37(31-40)47-52-48(38-27-25-32-13-4-6-17-35(32)29-38)54-49(53-47)39-28-26-33-14-5-7-18-36(33)30-39/h1-31H. The lowest BCUT2D eigenvalue weighted by Gasteiger charge is -2.14. The topological polar surface area (TPSA) is 56.5 Å². The average Bonchev–Trinajstić information content (AvgIpc) is 3.68. The smallest absolute Gasteiger partial charge is 0.164 e. The number of hydrogen-bond acceptors (Lipinski definition) is 4. The van der Waals surface area contributed by atoms with Gasteiger partial charge in [0.1, 0.15) is 5.82 Å². The van der Waals surface area contributed by atoms with Crippen molar-refractivity contribution in [2.75, 3.05) is 0 Å². The molecule has 0 aliphatic rings. The molecule has 2 heterocycles. The maximum atomic E-state index is 5.42. The lowest BCUT2D eigenvalue weighted by atomic mass is 10.00. The van der Waals surface area contributed by atoms with Crippen LogP contribution in [0.4, 0.5) is 0 Å². The van der Waals surface area contributed by atoms with Gasteiger partial charge in [-0.15, -0.1) is 0 Å². The lowest BCUT2D eigenvalue weighted by molar-refractivity contribution is 1.07. The maximum Gasteiger partial charge on any atom is 0.164 e. The van der Waals surface area contributed by atoms with Gasteiger partial charge in [-0.3, -0.25) is 4.57 Å². The highest BCUT2D eigenvalue weighted by Crippen LogP contribution is 2.40. The van der Waals surface area contributed by atoms with Crippen LogP contribution in [-0.2, 0) is 0 Å². The largest absolute Gasteiger partial charge is 0.292 e.